The molecule has 2 unspecified atom stereocenters. The summed E-state index contributed by atoms with van der Waals surface area (Å²) in [6.07, 6.45) is 3.04. The van der Waals surface area contributed by atoms with Crippen LogP contribution in [-0.4, -0.2) is 42.0 Å². The zero-order valence-electron chi connectivity index (χ0n) is 13.0. The fourth-order valence-corrected chi connectivity index (χ4v) is 3.49. The molecule has 0 radical (unpaired) electrons. The maximum atomic E-state index is 12.2. The Morgan fingerprint density at radius 2 is 2.10 bits per heavy atom. The molecule has 5 heteroatoms. The van der Waals surface area contributed by atoms with Gasteiger partial charge in [-0.15, -0.1) is 0 Å². The Bertz CT molecular complexity index is 464. The highest BCUT2D eigenvalue weighted by Gasteiger charge is 2.35. The summed E-state index contributed by atoms with van der Waals surface area (Å²) in [5.74, 6) is 2.03. The molecule has 0 spiro atoms. The second kappa shape index (κ2) is 7.71. The van der Waals surface area contributed by atoms with Crippen LogP contribution in [0, 0.1) is 0 Å². The Kier molecular flexibility index (Phi) is 5.94. The lowest BCUT2D eigenvalue weighted by Crippen LogP contribution is -2.40. The summed E-state index contributed by atoms with van der Waals surface area (Å²) in [6.45, 7) is 5.20. The summed E-state index contributed by atoms with van der Waals surface area (Å²) in [5.41, 5.74) is 1.11. The van der Waals surface area contributed by atoms with Crippen LogP contribution < -0.4 is 10.1 Å². The van der Waals surface area contributed by atoms with Gasteiger partial charge < -0.3 is 9.64 Å². The summed E-state index contributed by atoms with van der Waals surface area (Å²) in [7, 11) is 0. The van der Waals surface area contributed by atoms with Gasteiger partial charge >= 0.3 is 0 Å². The second-order valence-corrected chi connectivity index (χ2v) is 6.01. The van der Waals surface area contributed by atoms with E-state index < -0.39 is 0 Å². The van der Waals surface area contributed by atoms with Gasteiger partial charge in [0, 0.05) is 11.8 Å². The molecule has 2 atom stereocenters. The van der Waals surface area contributed by atoms with Crippen molar-refractivity contribution in [2.75, 3.05) is 25.2 Å². The molecule has 1 N–H and O–H groups in total. The molecule has 4 nitrogen and oxygen atoms in total. The number of amides is 1. The van der Waals surface area contributed by atoms with Crippen LogP contribution in [0.4, 0.5) is 0 Å². The third-order valence-electron chi connectivity index (χ3n) is 3.74. The molecular weight excluding hydrogens is 284 g/mol. The van der Waals surface area contributed by atoms with E-state index in [0.29, 0.717) is 13.2 Å². The Balaban J connectivity index is 2.18. The van der Waals surface area contributed by atoms with Gasteiger partial charge in [0.2, 0.25) is 5.91 Å². The molecule has 1 aromatic rings. The number of ether oxygens (including phenoxy) is 1. The number of nitrogens with zero attached hydrogens (tertiary/aromatic N) is 1. The van der Waals surface area contributed by atoms with Crippen molar-refractivity contribution in [3.8, 4) is 5.75 Å². The van der Waals surface area contributed by atoms with E-state index in [9.17, 15) is 4.79 Å². The van der Waals surface area contributed by atoms with E-state index in [-0.39, 0.29) is 18.1 Å². The molecule has 1 aliphatic heterocycles. The van der Waals surface area contributed by atoms with Crippen LogP contribution >= 0.6 is 11.8 Å². The number of nitrogens with one attached hydrogen (secondary N) is 1. The van der Waals surface area contributed by atoms with E-state index in [1.807, 2.05) is 36.1 Å². The van der Waals surface area contributed by atoms with Crippen molar-refractivity contribution in [1.29, 1.82) is 0 Å². The van der Waals surface area contributed by atoms with E-state index in [1.54, 1.807) is 11.8 Å². The maximum absolute atomic E-state index is 12.2. The molecule has 1 aromatic carbocycles. The number of rotatable bonds is 7. The molecule has 2 rings (SSSR count). The highest BCUT2D eigenvalue weighted by atomic mass is 32.2. The van der Waals surface area contributed by atoms with Gasteiger partial charge in [0.15, 0.2) is 0 Å². The summed E-state index contributed by atoms with van der Waals surface area (Å²) < 4.78 is 5.47. The number of hydrogen-bond donors (Lipinski definition) is 1. The smallest absolute Gasteiger partial charge is 0.238 e. The third-order valence-corrected chi connectivity index (χ3v) is 4.46. The second-order valence-electron chi connectivity index (χ2n) is 5.10. The van der Waals surface area contributed by atoms with Crippen molar-refractivity contribution < 1.29 is 9.53 Å². The van der Waals surface area contributed by atoms with Crippen molar-refractivity contribution in [2.45, 2.75) is 32.5 Å². The molecule has 0 aliphatic carbocycles. The lowest BCUT2D eigenvalue weighted by molar-refractivity contribution is -0.130. The minimum Gasteiger partial charge on any atom is -0.494 e. The molecular formula is C16H24N2O2S. The first-order chi connectivity index (χ1) is 10.2. The van der Waals surface area contributed by atoms with Gasteiger partial charge in [0.05, 0.1) is 13.2 Å². The lowest BCUT2D eigenvalue weighted by Gasteiger charge is -2.32. The van der Waals surface area contributed by atoms with Crippen molar-refractivity contribution in [2.24, 2.45) is 0 Å². The van der Waals surface area contributed by atoms with Crippen LogP contribution in [0.2, 0.25) is 0 Å². The van der Waals surface area contributed by atoms with Gasteiger partial charge in [-0.3, -0.25) is 10.1 Å². The zero-order chi connectivity index (χ0) is 15.2. The fourth-order valence-electron chi connectivity index (χ4n) is 2.71. The van der Waals surface area contributed by atoms with Gasteiger partial charge in [-0.05, 0) is 37.3 Å². The average molecular weight is 308 g/mol. The minimum atomic E-state index is -0.0229. The molecule has 1 aliphatic rings. The average Bonchev–Trinajstić information content (AvgIpc) is 2.88. The van der Waals surface area contributed by atoms with E-state index in [1.165, 1.54) is 0 Å². The topological polar surface area (TPSA) is 41.6 Å². The summed E-state index contributed by atoms with van der Waals surface area (Å²) >= 11 is 1.79. The Morgan fingerprint density at radius 1 is 1.38 bits per heavy atom. The molecule has 1 fully saturated rings. The van der Waals surface area contributed by atoms with Crippen LogP contribution in [0.5, 0.6) is 5.75 Å². The van der Waals surface area contributed by atoms with E-state index in [4.69, 9.17) is 4.74 Å². The molecule has 21 heavy (non-hydrogen) atoms. The first-order valence-corrected chi connectivity index (χ1v) is 8.86. The molecule has 1 heterocycles. The minimum absolute atomic E-state index is 0.0229. The molecule has 116 valence electrons. The van der Waals surface area contributed by atoms with Crippen molar-refractivity contribution >= 4 is 17.7 Å². The maximum Gasteiger partial charge on any atom is 0.238 e. The first-order valence-electron chi connectivity index (χ1n) is 7.47. The number of thioether (sulfide) groups is 1. The van der Waals surface area contributed by atoms with Crippen molar-refractivity contribution in [3.05, 3.63) is 29.8 Å². The summed E-state index contributed by atoms with van der Waals surface area (Å²) in [4.78, 5) is 14.2. The molecule has 0 saturated carbocycles. The van der Waals surface area contributed by atoms with Gasteiger partial charge in [-0.1, -0.05) is 19.1 Å². The van der Waals surface area contributed by atoms with Crippen LogP contribution in [-0.2, 0) is 4.79 Å². The van der Waals surface area contributed by atoms with Gasteiger partial charge in [-0.2, -0.15) is 11.8 Å². The van der Waals surface area contributed by atoms with Crippen LogP contribution in [0.15, 0.2) is 24.3 Å². The predicted octanol–water partition coefficient (Wildman–Crippen LogP) is 2.66. The summed E-state index contributed by atoms with van der Waals surface area (Å²) in [5, 5.41) is 3.32. The van der Waals surface area contributed by atoms with Crippen LogP contribution in [0.3, 0.4) is 0 Å². The van der Waals surface area contributed by atoms with Gasteiger partial charge in [0.25, 0.3) is 0 Å². The Hall–Kier alpha value is -1.20. The number of carbonyl (C=O) groups excluding carboxylic acids is 1. The fraction of sp³-hybridized carbons (Fsp3) is 0.562. The normalized spacial score (nSPS) is 19.9. The Morgan fingerprint density at radius 3 is 2.67 bits per heavy atom. The third kappa shape index (κ3) is 3.71. The van der Waals surface area contributed by atoms with Crippen LogP contribution in [0.25, 0.3) is 0 Å². The van der Waals surface area contributed by atoms with Crippen LogP contribution in [0.1, 0.15) is 32.0 Å². The highest BCUT2D eigenvalue weighted by molar-refractivity contribution is 7.98. The first kappa shape index (κ1) is 16.2. The van der Waals surface area contributed by atoms with E-state index >= 15 is 0 Å². The lowest BCUT2D eigenvalue weighted by atomic mass is 10.1. The van der Waals surface area contributed by atoms with E-state index in [0.717, 1.165) is 23.5 Å². The quantitative estimate of drug-likeness (QED) is 0.841. The van der Waals surface area contributed by atoms with Gasteiger partial charge in [-0.25, -0.2) is 0 Å². The highest BCUT2D eigenvalue weighted by Crippen LogP contribution is 2.28. The van der Waals surface area contributed by atoms with E-state index in [2.05, 4.69) is 18.5 Å². The standard InChI is InChI=1S/C16H24N2O2S/c1-4-13(11-21-3)18-15(19)10-17-16(18)12-6-8-14(9-7-12)20-5-2/h6-9,13,16-17H,4-5,10-11H2,1-3H3. The molecule has 1 amide bonds. The number of carbonyl (C=O) groups is 1. The SMILES string of the molecule is CCOc1ccc(C2NCC(=O)N2C(CC)CSC)cc1. The number of hydrogen-bond acceptors (Lipinski definition) is 4. The monoisotopic (exact) mass is 308 g/mol. The van der Waals surface area contributed by atoms with Gasteiger partial charge in [0.1, 0.15) is 11.9 Å². The van der Waals surface area contributed by atoms with Crippen molar-refractivity contribution in [3.63, 3.8) is 0 Å². The Labute approximate surface area is 131 Å². The largest absolute Gasteiger partial charge is 0.494 e. The molecule has 1 saturated heterocycles. The number of benzene rings is 1. The molecule has 0 bridgehead atoms. The molecule has 0 aromatic heterocycles. The predicted molar refractivity (Wildman–Crippen MR) is 87.7 cm³/mol. The zero-order valence-corrected chi connectivity index (χ0v) is 13.8. The van der Waals surface area contributed by atoms with Crippen molar-refractivity contribution in [1.82, 2.24) is 10.2 Å². The summed E-state index contributed by atoms with van der Waals surface area (Å²) in [6, 6.07) is 8.30.